The number of guanidine groups is 1. The molecule has 2 rings (SSSR count). The summed E-state index contributed by atoms with van der Waals surface area (Å²) >= 11 is 0. The van der Waals surface area contributed by atoms with Gasteiger partial charge < -0.3 is 19.9 Å². The highest BCUT2D eigenvalue weighted by Gasteiger charge is 2.24. The fourth-order valence-corrected chi connectivity index (χ4v) is 3.46. The maximum Gasteiger partial charge on any atom is 0.193 e. The van der Waals surface area contributed by atoms with E-state index in [9.17, 15) is 0 Å². The zero-order chi connectivity index (χ0) is 15.6. The molecular weight excluding hydrogens is 403 g/mol. The van der Waals surface area contributed by atoms with Gasteiger partial charge in [0.05, 0.1) is 6.61 Å². The van der Waals surface area contributed by atoms with Crippen molar-refractivity contribution in [3.05, 3.63) is 0 Å². The molecule has 0 bridgehead atoms. The van der Waals surface area contributed by atoms with Crippen LogP contribution in [0.1, 0.15) is 39.0 Å². The van der Waals surface area contributed by atoms with Crippen LogP contribution in [-0.4, -0.2) is 75.3 Å². The van der Waals surface area contributed by atoms with Gasteiger partial charge in [0.1, 0.15) is 0 Å². The highest BCUT2D eigenvalue weighted by molar-refractivity contribution is 14.0. The third kappa shape index (κ3) is 7.56. The molecule has 0 radical (unpaired) electrons. The molecule has 0 spiro atoms. The molecule has 2 heterocycles. The molecule has 1 N–H and O–H groups in total. The molecule has 5 nitrogen and oxygen atoms in total. The summed E-state index contributed by atoms with van der Waals surface area (Å²) in [5.41, 5.74) is 0. The second-order valence-corrected chi connectivity index (χ2v) is 6.55. The molecule has 0 amide bonds. The summed E-state index contributed by atoms with van der Waals surface area (Å²) in [6.07, 6.45) is 6.46. The van der Waals surface area contributed by atoms with Gasteiger partial charge in [-0.25, -0.2) is 0 Å². The number of aliphatic imine (C=N–C) groups is 1. The van der Waals surface area contributed by atoms with E-state index in [1.807, 2.05) is 0 Å². The Hall–Kier alpha value is -0.0800. The molecule has 2 aliphatic rings. The van der Waals surface area contributed by atoms with Gasteiger partial charge in [0.25, 0.3) is 0 Å². The minimum absolute atomic E-state index is 0. The third-order valence-electron chi connectivity index (χ3n) is 4.67. The topological polar surface area (TPSA) is 40.1 Å². The first-order valence-electron chi connectivity index (χ1n) is 9.08. The molecule has 0 aromatic rings. The molecule has 136 valence electrons. The lowest BCUT2D eigenvalue weighted by atomic mass is 10.1. The van der Waals surface area contributed by atoms with E-state index >= 15 is 0 Å². The van der Waals surface area contributed by atoms with Crippen LogP contribution >= 0.6 is 24.0 Å². The molecule has 0 saturated carbocycles. The van der Waals surface area contributed by atoms with Crippen molar-refractivity contribution in [3.8, 4) is 0 Å². The molecule has 2 fully saturated rings. The monoisotopic (exact) mass is 438 g/mol. The minimum Gasteiger partial charge on any atom is -0.384 e. The van der Waals surface area contributed by atoms with Gasteiger partial charge in [-0.1, -0.05) is 0 Å². The summed E-state index contributed by atoms with van der Waals surface area (Å²) in [5, 5.41) is 3.44. The van der Waals surface area contributed by atoms with Crippen molar-refractivity contribution < 1.29 is 4.74 Å². The van der Waals surface area contributed by atoms with Gasteiger partial charge in [0.2, 0.25) is 0 Å². The third-order valence-corrected chi connectivity index (χ3v) is 4.67. The van der Waals surface area contributed by atoms with Crippen molar-refractivity contribution in [2.45, 2.75) is 39.0 Å². The average molecular weight is 438 g/mol. The molecule has 2 saturated heterocycles. The molecule has 6 heteroatoms. The van der Waals surface area contributed by atoms with E-state index in [-0.39, 0.29) is 24.0 Å². The average Bonchev–Trinajstić information content (AvgIpc) is 3.18. The van der Waals surface area contributed by atoms with Crippen molar-refractivity contribution in [1.29, 1.82) is 0 Å². The standard InChI is InChI=1S/C17H34N4O.HI/c1-3-18-17(21-13-8-16(14-21)15-22-2)19-9-4-5-10-20-11-6-7-12-20;/h16H,3-15H2,1-2H3,(H,18,19);1H. The van der Waals surface area contributed by atoms with Crippen LogP contribution in [-0.2, 0) is 4.74 Å². The summed E-state index contributed by atoms with van der Waals surface area (Å²) in [6, 6.07) is 0. The van der Waals surface area contributed by atoms with Crippen molar-refractivity contribution in [2.75, 3.05) is 59.5 Å². The number of unbranched alkanes of at least 4 members (excludes halogenated alkanes) is 1. The van der Waals surface area contributed by atoms with Crippen LogP contribution in [0, 0.1) is 5.92 Å². The van der Waals surface area contributed by atoms with Gasteiger partial charge in [-0.05, 0) is 58.7 Å². The van der Waals surface area contributed by atoms with Crippen LogP contribution in [0.3, 0.4) is 0 Å². The first-order chi connectivity index (χ1) is 10.8. The maximum atomic E-state index is 5.28. The Morgan fingerprint density at radius 1 is 1.22 bits per heavy atom. The Labute approximate surface area is 159 Å². The molecule has 1 atom stereocenters. The summed E-state index contributed by atoms with van der Waals surface area (Å²) in [5.74, 6) is 1.76. The Morgan fingerprint density at radius 2 is 2.00 bits per heavy atom. The van der Waals surface area contributed by atoms with Gasteiger partial charge >= 0.3 is 0 Å². The molecule has 0 aliphatic carbocycles. The highest BCUT2D eigenvalue weighted by atomic mass is 127. The maximum absolute atomic E-state index is 5.28. The number of nitrogens with one attached hydrogen (secondary N) is 1. The predicted molar refractivity (Wildman–Crippen MR) is 108 cm³/mol. The van der Waals surface area contributed by atoms with Crippen LogP contribution in [0.4, 0.5) is 0 Å². The molecular formula is C17H35IN4O. The van der Waals surface area contributed by atoms with E-state index < -0.39 is 0 Å². The van der Waals surface area contributed by atoms with E-state index in [4.69, 9.17) is 9.73 Å². The van der Waals surface area contributed by atoms with Crippen LogP contribution < -0.4 is 5.32 Å². The van der Waals surface area contributed by atoms with E-state index in [2.05, 4.69) is 22.0 Å². The Bertz CT molecular complexity index is 335. The van der Waals surface area contributed by atoms with Crippen molar-refractivity contribution >= 4 is 29.9 Å². The van der Waals surface area contributed by atoms with Crippen LogP contribution in [0.15, 0.2) is 4.99 Å². The van der Waals surface area contributed by atoms with E-state index in [1.165, 1.54) is 51.7 Å². The highest BCUT2D eigenvalue weighted by Crippen LogP contribution is 2.16. The number of hydrogen-bond acceptors (Lipinski definition) is 3. The van der Waals surface area contributed by atoms with Gasteiger partial charge in [-0.15, -0.1) is 24.0 Å². The molecule has 0 aromatic carbocycles. The van der Waals surface area contributed by atoms with E-state index in [1.54, 1.807) is 7.11 Å². The van der Waals surface area contributed by atoms with Crippen molar-refractivity contribution in [3.63, 3.8) is 0 Å². The predicted octanol–water partition coefficient (Wildman–Crippen LogP) is 2.41. The van der Waals surface area contributed by atoms with Crippen LogP contribution in [0.2, 0.25) is 0 Å². The number of ether oxygens (including phenoxy) is 1. The number of nitrogens with zero attached hydrogens (tertiary/aromatic N) is 3. The lowest BCUT2D eigenvalue weighted by Crippen LogP contribution is -2.40. The number of rotatable bonds is 8. The normalized spacial score (nSPS) is 22.4. The zero-order valence-electron chi connectivity index (χ0n) is 14.9. The van der Waals surface area contributed by atoms with Gasteiger partial charge in [0.15, 0.2) is 5.96 Å². The summed E-state index contributed by atoms with van der Waals surface area (Å²) in [6.45, 7) is 10.9. The second-order valence-electron chi connectivity index (χ2n) is 6.55. The van der Waals surface area contributed by atoms with E-state index in [0.29, 0.717) is 5.92 Å². The smallest absolute Gasteiger partial charge is 0.193 e. The summed E-state index contributed by atoms with van der Waals surface area (Å²) < 4.78 is 5.28. The van der Waals surface area contributed by atoms with Gasteiger partial charge in [0, 0.05) is 39.2 Å². The molecule has 2 aliphatic heterocycles. The summed E-state index contributed by atoms with van der Waals surface area (Å²) in [4.78, 5) is 9.81. The lowest BCUT2D eigenvalue weighted by Gasteiger charge is -2.21. The number of hydrogen-bond donors (Lipinski definition) is 1. The number of halogens is 1. The Kier molecular flexibility index (Phi) is 11.2. The first-order valence-corrected chi connectivity index (χ1v) is 9.08. The van der Waals surface area contributed by atoms with Gasteiger partial charge in [-0.2, -0.15) is 0 Å². The van der Waals surface area contributed by atoms with Crippen molar-refractivity contribution in [1.82, 2.24) is 15.1 Å². The van der Waals surface area contributed by atoms with E-state index in [0.717, 1.165) is 38.7 Å². The quantitative estimate of drug-likeness (QED) is 0.274. The number of likely N-dealkylation sites (tertiary alicyclic amines) is 2. The van der Waals surface area contributed by atoms with Crippen LogP contribution in [0.25, 0.3) is 0 Å². The number of methoxy groups -OCH3 is 1. The summed E-state index contributed by atoms with van der Waals surface area (Å²) in [7, 11) is 1.79. The van der Waals surface area contributed by atoms with Crippen LogP contribution in [0.5, 0.6) is 0 Å². The largest absolute Gasteiger partial charge is 0.384 e. The fraction of sp³-hybridized carbons (Fsp3) is 0.941. The van der Waals surface area contributed by atoms with Gasteiger partial charge in [-0.3, -0.25) is 4.99 Å². The molecule has 0 aromatic heterocycles. The fourth-order valence-electron chi connectivity index (χ4n) is 3.46. The van der Waals surface area contributed by atoms with Crippen molar-refractivity contribution in [2.24, 2.45) is 10.9 Å². The first kappa shape index (κ1) is 21.0. The Morgan fingerprint density at radius 3 is 2.70 bits per heavy atom. The molecule has 1 unspecified atom stereocenters. The minimum atomic E-state index is 0. The SMILES string of the molecule is CCNC(=NCCCCN1CCCC1)N1CCC(COC)C1.I. The lowest BCUT2D eigenvalue weighted by molar-refractivity contribution is 0.157. The second kappa shape index (κ2) is 12.3. The molecule has 23 heavy (non-hydrogen) atoms. The Balaban J connectivity index is 0.00000264. The zero-order valence-corrected chi connectivity index (χ0v) is 17.3.